The molecule has 0 aliphatic rings. The summed E-state index contributed by atoms with van der Waals surface area (Å²) in [6.07, 6.45) is 1.51. The first-order valence-corrected chi connectivity index (χ1v) is 7.16. The van der Waals surface area contributed by atoms with Crippen molar-refractivity contribution in [1.82, 2.24) is 15.2 Å². The van der Waals surface area contributed by atoms with Crippen molar-refractivity contribution in [2.24, 2.45) is 0 Å². The molecule has 118 valence electrons. The van der Waals surface area contributed by atoms with E-state index in [0.29, 0.717) is 22.8 Å². The van der Waals surface area contributed by atoms with Crippen LogP contribution in [-0.2, 0) is 0 Å². The summed E-state index contributed by atoms with van der Waals surface area (Å²) in [6.45, 7) is 0. The fourth-order valence-corrected chi connectivity index (χ4v) is 2.11. The number of benzene rings is 2. The van der Waals surface area contributed by atoms with E-state index < -0.39 is 0 Å². The van der Waals surface area contributed by atoms with Gasteiger partial charge < -0.3 is 15.4 Å². The van der Waals surface area contributed by atoms with E-state index in [2.05, 4.69) is 31.9 Å². The number of nitrogens with one attached hydrogen (secondary N) is 2. The number of aromatic nitrogens is 3. The number of anilines is 4. The number of para-hydroxylation sites is 3. The van der Waals surface area contributed by atoms with Gasteiger partial charge in [-0.1, -0.05) is 24.3 Å². The van der Waals surface area contributed by atoms with E-state index in [1.165, 1.54) is 6.20 Å². The van der Waals surface area contributed by atoms with Crippen molar-refractivity contribution >= 4 is 23.1 Å². The van der Waals surface area contributed by atoms with E-state index in [-0.39, 0.29) is 5.95 Å². The van der Waals surface area contributed by atoms with Crippen molar-refractivity contribution in [3.8, 4) is 11.8 Å². The predicted molar refractivity (Wildman–Crippen MR) is 90.5 cm³/mol. The number of rotatable bonds is 5. The molecule has 0 unspecified atom stereocenters. The van der Waals surface area contributed by atoms with Gasteiger partial charge in [0.2, 0.25) is 5.95 Å². The van der Waals surface area contributed by atoms with Gasteiger partial charge in [-0.05, 0) is 24.3 Å². The molecule has 0 aliphatic carbocycles. The van der Waals surface area contributed by atoms with E-state index in [1.54, 1.807) is 25.3 Å². The Morgan fingerprint density at radius 1 is 1.00 bits per heavy atom. The lowest BCUT2D eigenvalue weighted by molar-refractivity contribution is 0.417. The summed E-state index contributed by atoms with van der Waals surface area (Å²) in [4.78, 5) is 4.35. The topological polar surface area (TPSA) is 95.8 Å². The molecule has 7 heteroatoms. The minimum Gasteiger partial charge on any atom is -0.495 e. The Bertz CT molecular complexity index is 890. The minimum atomic E-state index is 0.289. The summed E-state index contributed by atoms with van der Waals surface area (Å²) in [5, 5.41) is 23.1. The SMILES string of the molecule is COc1ccccc1Nc1cnnc(Nc2ccccc2C#N)n1. The van der Waals surface area contributed by atoms with Gasteiger partial charge in [-0.25, -0.2) is 0 Å². The molecule has 0 aliphatic heterocycles. The van der Waals surface area contributed by atoms with Crippen molar-refractivity contribution in [3.05, 3.63) is 60.3 Å². The Balaban J connectivity index is 1.83. The van der Waals surface area contributed by atoms with Crippen LogP contribution in [0.1, 0.15) is 5.56 Å². The van der Waals surface area contributed by atoms with Crippen molar-refractivity contribution in [2.75, 3.05) is 17.7 Å². The van der Waals surface area contributed by atoms with Crippen LogP contribution in [0.2, 0.25) is 0 Å². The molecule has 3 rings (SSSR count). The molecule has 0 saturated carbocycles. The quantitative estimate of drug-likeness (QED) is 0.745. The maximum atomic E-state index is 9.13. The molecule has 0 radical (unpaired) electrons. The van der Waals surface area contributed by atoms with Gasteiger partial charge in [0, 0.05) is 0 Å². The Morgan fingerprint density at radius 3 is 2.54 bits per heavy atom. The highest BCUT2D eigenvalue weighted by molar-refractivity contribution is 5.66. The van der Waals surface area contributed by atoms with Crippen molar-refractivity contribution in [3.63, 3.8) is 0 Å². The van der Waals surface area contributed by atoms with Gasteiger partial charge in [0.1, 0.15) is 11.8 Å². The number of methoxy groups -OCH3 is 1. The van der Waals surface area contributed by atoms with Crippen LogP contribution < -0.4 is 15.4 Å². The summed E-state index contributed by atoms with van der Waals surface area (Å²) < 4.78 is 5.30. The Labute approximate surface area is 139 Å². The number of nitriles is 1. The van der Waals surface area contributed by atoms with Crippen LogP contribution in [0.5, 0.6) is 5.75 Å². The molecule has 0 fully saturated rings. The number of hydrogen-bond donors (Lipinski definition) is 2. The predicted octanol–water partition coefficient (Wildman–Crippen LogP) is 3.24. The highest BCUT2D eigenvalue weighted by atomic mass is 16.5. The van der Waals surface area contributed by atoms with Crippen LogP contribution in [0.3, 0.4) is 0 Å². The average molecular weight is 318 g/mol. The molecule has 0 amide bonds. The van der Waals surface area contributed by atoms with E-state index in [0.717, 1.165) is 5.69 Å². The molecule has 0 atom stereocenters. The lowest BCUT2D eigenvalue weighted by atomic mass is 10.2. The van der Waals surface area contributed by atoms with Crippen LogP contribution in [-0.4, -0.2) is 22.3 Å². The molecule has 1 aromatic heterocycles. The smallest absolute Gasteiger partial charge is 0.249 e. The van der Waals surface area contributed by atoms with Crippen molar-refractivity contribution in [1.29, 1.82) is 5.26 Å². The first kappa shape index (κ1) is 15.2. The first-order valence-electron chi connectivity index (χ1n) is 7.16. The summed E-state index contributed by atoms with van der Waals surface area (Å²) in [6, 6.07) is 16.7. The molecule has 24 heavy (non-hydrogen) atoms. The zero-order valence-electron chi connectivity index (χ0n) is 12.9. The second-order valence-electron chi connectivity index (χ2n) is 4.77. The van der Waals surface area contributed by atoms with E-state index >= 15 is 0 Å². The van der Waals surface area contributed by atoms with Crippen LogP contribution in [0.15, 0.2) is 54.7 Å². The molecular formula is C17H14N6O. The fourth-order valence-electron chi connectivity index (χ4n) is 2.11. The second-order valence-corrected chi connectivity index (χ2v) is 4.77. The zero-order chi connectivity index (χ0) is 16.8. The second kappa shape index (κ2) is 7.07. The third kappa shape index (κ3) is 3.39. The van der Waals surface area contributed by atoms with Crippen LogP contribution in [0.4, 0.5) is 23.1 Å². The zero-order valence-corrected chi connectivity index (χ0v) is 12.9. The van der Waals surface area contributed by atoms with Gasteiger partial charge >= 0.3 is 0 Å². The molecule has 2 aromatic carbocycles. The van der Waals surface area contributed by atoms with E-state index in [1.807, 2.05) is 30.3 Å². The molecular weight excluding hydrogens is 304 g/mol. The largest absolute Gasteiger partial charge is 0.495 e. The fraction of sp³-hybridized carbons (Fsp3) is 0.0588. The lowest BCUT2D eigenvalue weighted by Gasteiger charge is -2.11. The number of hydrogen-bond acceptors (Lipinski definition) is 7. The molecule has 2 N–H and O–H groups in total. The standard InChI is InChI=1S/C17H14N6O/c1-24-15-9-5-4-8-14(15)20-16-11-19-23-17(22-16)21-13-7-3-2-6-12(13)10-18/h2-9,11H,1H3,(H2,20,21,22,23). The molecule has 0 spiro atoms. The summed E-state index contributed by atoms with van der Waals surface area (Å²) in [5.74, 6) is 1.49. The molecule has 0 saturated heterocycles. The highest BCUT2D eigenvalue weighted by Crippen LogP contribution is 2.26. The van der Waals surface area contributed by atoms with Gasteiger partial charge in [0.15, 0.2) is 5.82 Å². The van der Waals surface area contributed by atoms with Crippen molar-refractivity contribution < 1.29 is 4.74 Å². The first-order chi connectivity index (χ1) is 11.8. The van der Waals surface area contributed by atoms with Gasteiger partial charge in [0.25, 0.3) is 0 Å². The molecule has 3 aromatic rings. The summed E-state index contributed by atoms with van der Waals surface area (Å²) in [7, 11) is 1.60. The minimum absolute atomic E-state index is 0.289. The molecule has 0 bridgehead atoms. The van der Waals surface area contributed by atoms with Gasteiger partial charge in [-0.15, -0.1) is 5.10 Å². The lowest BCUT2D eigenvalue weighted by Crippen LogP contribution is -2.03. The Morgan fingerprint density at radius 2 is 1.75 bits per heavy atom. The molecule has 7 nitrogen and oxygen atoms in total. The van der Waals surface area contributed by atoms with Gasteiger partial charge in [0.05, 0.1) is 30.2 Å². The van der Waals surface area contributed by atoms with Gasteiger partial charge in [-0.3, -0.25) is 0 Å². The van der Waals surface area contributed by atoms with E-state index in [9.17, 15) is 0 Å². The van der Waals surface area contributed by atoms with E-state index in [4.69, 9.17) is 10.00 Å². The third-order valence-corrected chi connectivity index (χ3v) is 3.22. The van der Waals surface area contributed by atoms with Crippen molar-refractivity contribution in [2.45, 2.75) is 0 Å². The van der Waals surface area contributed by atoms with Crippen LogP contribution in [0, 0.1) is 11.3 Å². The Hall–Kier alpha value is -3.66. The van der Waals surface area contributed by atoms with Gasteiger partial charge in [-0.2, -0.15) is 15.3 Å². The number of nitrogens with zero attached hydrogens (tertiary/aromatic N) is 4. The summed E-state index contributed by atoms with van der Waals surface area (Å²) in [5.41, 5.74) is 1.89. The highest BCUT2D eigenvalue weighted by Gasteiger charge is 2.07. The van der Waals surface area contributed by atoms with Crippen LogP contribution in [0.25, 0.3) is 0 Å². The third-order valence-electron chi connectivity index (χ3n) is 3.22. The normalized spacial score (nSPS) is 9.83. The number of ether oxygens (including phenoxy) is 1. The Kier molecular flexibility index (Phi) is 4.49. The maximum Gasteiger partial charge on any atom is 0.249 e. The monoisotopic (exact) mass is 318 g/mol. The average Bonchev–Trinajstić information content (AvgIpc) is 2.63. The molecule has 1 heterocycles. The van der Waals surface area contributed by atoms with Crippen LogP contribution >= 0.6 is 0 Å². The summed E-state index contributed by atoms with van der Waals surface area (Å²) >= 11 is 0. The maximum absolute atomic E-state index is 9.13.